The fourth-order valence-electron chi connectivity index (χ4n) is 5.83. The molecular weight excluding hydrogens is 305 g/mol. The quantitative estimate of drug-likeness (QED) is 0.813. The standard InChI is InChI=1S/C17H27F3N2O/c18-9-15(10-19)4-1-2-5-16(15,11-20)17-6-3-13(22-17)7-12(8-17)14(21)23/h12-13,22H,1-11H2,(H2,21,23). The number of alkyl halides is 3. The molecule has 3 aliphatic rings. The summed E-state index contributed by atoms with van der Waals surface area (Å²) in [6.07, 6.45) is 4.91. The van der Waals surface area contributed by atoms with E-state index in [0.717, 1.165) is 19.3 Å². The minimum absolute atomic E-state index is 0.100. The highest BCUT2D eigenvalue weighted by Crippen LogP contribution is 2.62. The number of halogens is 3. The van der Waals surface area contributed by atoms with Crippen molar-refractivity contribution in [1.29, 1.82) is 0 Å². The van der Waals surface area contributed by atoms with Gasteiger partial charge in [-0.25, -0.2) is 0 Å². The van der Waals surface area contributed by atoms with Crippen LogP contribution < -0.4 is 11.1 Å². The van der Waals surface area contributed by atoms with Gasteiger partial charge in [0.1, 0.15) is 0 Å². The summed E-state index contributed by atoms with van der Waals surface area (Å²) in [5.41, 5.74) is 2.46. The highest BCUT2D eigenvalue weighted by molar-refractivity contribution is 5.77. The first-order chi connectivity index (χ1) is 11.0. The lowest BCUT2D eigenvalue weighted by atomic mass is 9.47. The van der Waals surface area contributed by atoms with Crippen molar-refractivity contribution in [2.24, 2.45) is 22.5 Å². The number of primary amides is 1. The number of carbonyl (C=O) groups excluding carboxylic acids is 1. The van der Waals surface area contributed by atoms with Gasteiger partial charge in [-0.1, -0.05) is 12.8 Å². The Balaban J connectivity index is 2.05. The predicted octanol–water partition coefficient (Wildman–Crippen LogP) is 2.83. The maximum absolute atomic E-state index is 14.5. The van der Waals surface area contributed by atoms with Crippen LogP contribution in [0.25, 0.3) is 0 Å². The Kier molecular flexibility index (Phi) is 4.40. The molecule has 2 heterocycles. The van der Waals surface area contributed by atoms with Crippen LogP contribution in [0.2, 0.25) is 0 Å². The zero-order valence-corrected chi connectivity index (χ0v) is 13.6. The molecule has 0 aromatic heterocycles. The summed E-state index contributed by atoms with van der Waals surface area (Å²) in [6.45, 7) is -2.43. The van der Waals surface area contributed by atoms with Crippen molar-refractivity contribution in [3.63, 3.8) is 0 Å². The fourth-order valence-corrected chi connectivity index (χ4v) is 5.83. The molecule has 0 aromatic carbocycles. The van der Waals surface area contributed by atoms with Gasteiger partial charge >= 0.3 is 0 Å². The lowest BCUT2D eigenvalue weighted by Gasteiger charge is -2.61. The van der Waals surface area contributed by atoms with Crippen molar-refractivity contribution < 1.29 is 18.0 Å². The monoisotopic (exact) mass is 332 g/mol. The molecule has 23 heavy (non-hydrogen) atoms. The van der Waals surface area contributed by atoms with Crippen molar-refractivity contribution in [3.05, 3.63) is 0 Å². The van der Waals surface area contributed by atoms with Crippen LogP contribution in [0.3, 0.4) is 0 Å². The number of hydrogen-bond donors (Lipinski definition) is 2. The van der Waals surface area contributed by atoms with Gasteiger partial charge in [0.2, 0.25) is 5.91 Å². The molecule has 0 radical (unpaired) electrons. The van der Waals surface area contributed by atoms with E-state index in [4.69, 9.17) is 5.73 Å². The second kappa shape index (κ2) is 5.94. The maximum Gasteiger partial charge on any atom is 0.220 e. The number of rotatable bonds is 5. The van der Waals surface area contributed by atoms with Crippen molar-refractivity contribution in [2.45, 2.75) is 62.9 Å². The number of nitrogens with two attached hydrogens (primary N) is 1. The van der Waals surface area contributed by atoms with Gasteiger partial charge in [-0.05, 0) is 38.5 Å². The van der Waals surface area contributed by atoms with Crippen molar-refractivity contribution in [2.75, 3.05) is 20.0 Å². The number of fused-ring (bicyclic) bond motifs is 2. The van der Waals surface area contributed by atoms with E-state index >= 15 is 0 Å². The molecule has 3 nitrogen and oxygen atoms in total. The summed E-state index contributed by atoms with van der Waals surface area (Å²) in [4.78, 5) is 11.7. The molecule has 1 amide bonds. The Morgan fingerprint density at radius 3 is 2.39 bits per heavy atom. The SMILES string of the molecule is NC(=O)C1CC2CCC(C3(CF)CCCCC3(CF)CF)(C1)N2. The number of carbonyl (C=O) groups is 1. The van der Waals surface area contributed by atoms with E-state index in [2.05, 4.69) is 5.32 Å². The molecule has 2 bridgehead atoms. The Morgan fingerprint density at radius 2 is 1.78 bits per heavy atom. The second-order valence-electron chi connectivity index (χ2n) is 7.97. The molecule has 3 rings (SSSR count). The van der Waals surface area contributed by atoms with E-state index in [-0.39, 0.29) is 17.9 Å². The summed E-state index contributed by atoms with van der Waals surface area (Å²) < 4.78 is 42.5. The molecule has 2 aliphatic heterocycles. The molecule has 3 fully saturated rings. The van der Waals surface area contributed by atoms with Gasteiger partial charge in [0.25, 0.3) is 0 Å². The first-order valence-electron chi connectivity index (χ1n) is 8.73. The molecule has 4 atom stereocenters. The maximum atomic E-state index is 14.5. The number of nitrogens with one attached hydrogen (secondary N) is 1. The van der Waals surface area contributed by atoms with Crippen LogP contribution in [-0.2, 0) is 4.79 Å². The molecule has 1 saturated carbocycles. The van der Waals surface area contributed by atoms with Crippen LogP contribution in [0.4, 0.5) is 13.2 Å². The topological polar surface area (TPSA) is 55.1 Å². The smallest absolute Gasteiger partial charge is 0.220 e. The average Bonchev–Trinajstić information content (AvgIpc) is 2.89. The average molecular weight is 332 g/mol. The third kappa shape index (κ3) is 2.24. The van der Waals surface area contributed by atoms with E-state index in [1.54, 1.807) is 0 Å². The molecule has 132 valence electrons. The summed E-state index contributed by atoms with van der Waals surface area (Å²) in [7, 11) is 0. The zero-order chi connectivity index (χ0) is 16.7. The predicted molar refractivity (Wildman–Crippen MR) is 82.1 cm³/mol. The van der Waals surface area contributed by atoms with Crippen LogP contribution in [0.5, 0.6) is 0 Å². The molecule has 2 saturated heterocycles. The summed E-state index contributed by atoms with van der Waals surface area (Å²) >= 11 is 0. The van der Waals surface area contributed by atoms with Crippen molar-refractivity contribution >= 4 is 5.91 Å². The molecule has 0 spiro atoms. The van der Waals surface area contributed by atoms with Gasteiger partial charge in [0.15, 0.2) is 0 Å². The van der Waals surface area contributed by atoms with Gasteiger partial charge in [0, 0.05) is 28.3 Å². The highest BCUT2D eigenvalue weighted by atomic mass is 19.1. The van der Waals surface area contributed by atoms with Gasteiger partial charge in [-0.3, -0.25) is 18.0 Å². The third-order valence-electron chi connectivity index (χ3n) is 7.15. The molecule has 1 aliphatic carbocycles. The minimum Gasteiger partial charge on any atom is -0.369 e. The van der Waals surface area contributed by atoms with E-state index in [1.165, 1.54) is 0 Å². The zero-order valence-electron chi connectivity index (χ0n) is 13.6. The van der Waals surface area contributed by atoms with Crippen molar-refractivity contribution in [3.8, 4) is 0 Å². The Hall–Kier alpha value is -0.780. The van der Waals surface area contributed by atoms with Crippen LogP contribution in [0.1, 0.15) is 51.4 Å². The number of piperidine rings is 1. The normalized spacial score (nSPS) is 42.6. The molecule has 4 unspecified atom stereocenters. The van der Waals surface area contributed by atoms with E-state index in [1.807, 2.05) is 0 Å². The summed E-state index contributed by atoms with van der Waals surface area (Å²) in [5, 5.41) is 3.49. The Labute approximate surface area is 135 Å². The summed E-state index contributed by atoms with van der Waals surface area (Å²) in [5.74, 6) is -0.704. The lowest BCUT2D eigenvalue weighted by molar-refractivity contribution is -0.143. The molecule has 6 heteroatoms. The minimum atomic E-state index is -1.28. The van der Waals surface area contributed by atoms with Crippen LogP contribution in [-0.4, -0.2) is 37.5 Å². The molecule has 3 N–H and O–H groups in total. The van der Waals surface area contributed by atoms with Crippen LogP contribution in [0, 0.1) is 16.7 Å². The van der Waals surface area contributed by atoms with E-state index < -0.39 is 36.4 Å². The van der Waals surface area contributed by atoms with Crippen molar-refractivity contribution in [1.82, 2.24) is 5.32 Å². The molecule has 0 aromatic rings. The Bertz CT molecular complexity index is 471. The largest absolute Gasteiger partial charge is 0.369 e. The number of amides is 1. The summed E-state index contributed by atoms with van der Waals surface area (Å²) in [6, 6.07) is 0.100. The second-order valence-corrected chi connectivity index (χ2v) is 7.97. The first kappa shape index (κ1) is 17.1. The first-order valence-corrected chi connectivity index (χ1v) is 8.73. The molecular formula is C17H27F3N2O. The van der Waals surface area contributed by atoms with Crippen LogP contribution >= 0.6 is 0 Å². The van der Waals surface area contributed by atoms with Crippen LogP contribution in [0.15, 0.2) is 0 Å². The van der Waals surface area contributed by atoms with Gasteiger partial charge in [0.05, 0.1) is 20.0 Å². The van der Waals surface area contributed by atoms with Gasteiger partial charge < -0.3 is 11.1 Å². The van der Waals surface area contributed by atoms with E-state index in [9.17, 15) is 18.0 Å². The van der Waals surface area contributed by atoms with Gasteiger partial charge in [-0.2, -0.15) is 0 Å². The number of hydrogen-bond acceptors (Lipinski definition) is 2. The third-order valence-corrected chi connectivity index (χ3v) is 7.15. The Morgan fingerprint density at radius 1 is 1.09 bits per heavy atom. The van der Waals surface area contributed by atoms with E-state index in [0.29, 0.717) is 32.1 Å². The fraction of sp³-hybridized carbons (Fsp3) is 0.941. The van der Waals surface area contributed by atoms with Gasteiger partial charge in [-0.15, -0.1) is 0 Å². The highest BCUT2D eigenvalue weighted by Gasteiger charge is 2.67. The lowest BCUT2D eigenvalue weighted by Crippen LogP contribution is -2.69.